The first-order valence-corrected chi connectivity index (χ1v) is 5.54. The van der Waals surface area contributed by atoms with Crippen LogP contribution in [0.5, 0.6) is 0 Å². The van der Waals surface area contributed by atoms with Gasteiger partial charge in [-0.15, -0.1) is 0 Å². The molecule has 0 spiro atoms. The Hall–Kier alpha value is -0.0900. The van der Waals surface area contributed by atoms with Gasteiger partial charge in [-0.1, -0.05) is 7.43 Å². The van der Waals surface area contributed by atoms with Crippen LogP contribution in [0.15, 0.2) is 0 Å². The second kappa shape index (κ2) is 4.23. The molecule has 0 aromatic heterocycles. The van der Waals surface area contributed by atoms with Crippen molar-refractivity contribution in [2.75, 3.05) is 13.1 Å². The van der Waals surface area contributed by atoms with E-state index in [2.05, 4.69) is 0 Å². The summed E-state index contributed by atoms with van der Waals surface area (Å²) in [5.74, 6) is 0. The van der Waals surface area contributed by atoms with Crippen LogP contribution < -0.4 is 0 Å². The molecule has 0 aliphatic carbocycles. The first-order chi connectivity index (χ1) is 5.05. The van der Waals surface area contributed by atoms with Crippen LogP contribution in [0.4, 0.5) is 0 Å². The summed E-state index contributed by atoms with van der Waals surface area (Å²) in [6.07, 6.45) is 2.04. The van der Waals surface area contributed by atoms with Crippen molar-refractivity contribution in [3.8, 4) is 0 Å². The van der Waals surface area contributed by atoms with E-state index in [-0.39, 0.29) is 12.7 Å². The van der Waals surface area contributed by atoms with Gasteiger partial charge in [-0.2, -0.15) is 0 Å². The van der Waals surface area contributed by atoms with Gasteiger partial charge in [-0.3, -0.25) is 0 Å². The van der Waals surface area contributed by atoms with Crippen molar-refractivity contribution in [1.82, 2.24) is 4.31 Å². The number of hydrogen-bond donors (Lipinski definition) is 0. The molecule has 0 aromatic carbocycles. The van der Waals surface area contributed by atoms with Crippen LogP contribution in [0.3, 0.4) is 0 Å². The van der Waals surface area contributed by atoms with Crippen molar-refractivity contribution in [3.63, 3.8) is 0 Å². The molecule has 1 fully saturated rings. The predicted molar refractivity (Wildman–Crippen MR) is 51.6 cm³/mol. The normalized spacial score (nSPS) is 19.6. The molecule has 1 heterocycles. The second-order valence-electron chi connectivity index (χ2n) is 3.20. The van der Waals surface area contributed by atoms with Crippen LogP contribution in [0.2, 0.25) is 0 Å². The maximum Gasteiger partial charge on any atom is 0.216 e. The fraction of sp³-hybridized carbons (Fsp3) is 1.00. The highest BCUT2D eigenvalue weighted by Crippen LogP contribution is 2.15. The van der Waals surface area contributed by atoms with E-state index >= 15 is 0 Å². The van der Waals surface area contributed by atoms with Gasteiger partial charge in [0.1, 0.15) is 0 Å². The summed E-state index contributed by atoms with van der Waals surface area (Å²) in [6, 6.07) is 0. The Bertz CT molecular complexity index is 215. The Balaban J connectivity index is 0.00000121. The maximum absolute atomic E-state index is 11.5. The summed E-state index contributed by atoms with van der Waals surface area (Å²) in [4.78, 5) is 0. The number of rotatable bonds is 2. The molecule has 0 N–H and O–H groups in total. The van der Waals surface area contributed by atoms with E-state index in [4.69, 9.17) is 0 Å². The molecule has 0 unspecified atom stereocenters. The summed E-state index contributed by atoms with van der Waals surface area (Å²) in [5.41, 5.74) is 0. The average molecular weight is 193 g/mol. The predicted octanol–water partition coefficient (Wildman–Crippen LogP) is 1.46. The number of nitrogens with zero attached hydrogens (tertiary/aromatic N) is 1. The van der Waals surface area contributed by atoms with Crippen LogP contribution in [-0.2, 0) is 10.0 Å². The Morgan fingerprint density at radius 1 is 1.17 bits per heavy atom. The number of hydrogen-bond acceptors (Lipinski definition) is 2. The molecule has 74 valence electrons. The van der Waals surface area contributed by atoms with Crippen LogP contribution >= 0.6 is 0 Å². The third kappa shape index (κ3) is 2.20. The first kappa shape index (κ1) is 11.9. The SMILES string of the molecule is C.CC(C)S(=O)(=O)N1CCCC1. The van der Waals surface area contributed by atoms with Gasteiger partial charge in [0.15, 0.2) is 0 Å². The molecule has 12 heavy (non-hydrogen) atoms. The van der Waals surface area contributed by atoms with Crippen molar-refractivity contribution in [3.05, 3.63) is 0 Å². The van der Waals surface area contributed by atoms with E-state index in [1.165, 1.54) is 0 Å². The quantitative estimate of drug-likeness (QED) is 0.665. The third-order valence-electron chi connectivity index (χ3n) is 2.02. The summed E-state index contributed by atoms with van der Waals surface area (Å²) in [7, 11) is -2.94. The Kier molecular flexibility index (Phi) is 4.20. The van der Waals surface area contributed by atoms with E-state index < -0.39 is 10.0 Å². The van der Waals surface area contributed by atoms with E-state index in [0.29, 0.717) is 0 Å². The smallest absolute Gasteiger partial charge is 0.212 e. The van der Waals surface area contributed by atoms with Gasteiger partial charge in [0.25, 0.3) is 0 Å². The summed E-state index contributed by atoms with van der Waals surface area (Å²) < 4.78 is 24.5. The van der Waals surface area contributed by atoms with Crippen LogP contribution in [-0.4, -0.2) is 31.1 Å². The minimum Gasteiger partial charge on any atom is -0.212 e. The van der Waals surface area contributed by atoms with Crippen LogP contribution in [0.1, 0.15) is 34.1 Å². The van der Waals surface area contributed by atoms with Crippen molar-refractivity contribution >= 4 is 10.0 Å². The molecule has 0 amide bonds. The summed E-state index contributed by atoms with van der Waals surface area (Å²) in [6.45, 7) is 4.91. The van der Waals surface area contributed by atoms with E-state index in [0.717, 1.165) is 25.9 Å². The molecule has 1 aliphatic rings. The lowest BCUT2D eigenvalue weighted by atomic mass is 10.4. The molecular formula is C8H19NO2S. The van der Waals surface area contributed by atoms with E-state index in [1.54, 1.807) is 18.2 Å². The van der Waals surface area contributed by atoms with Crippen molar-refractivity contribution in [2.45, 2.75) is 39.4 Å². The van der Waals surface area contributed by atoms with E-state index in [1.807, 2.05) is 0 Å². The van der Waals surface area contributed by atoms with Crippen molar-refractivity contribution in [1.29, 1.82) is 0 Å². The molecule has 0 radical (unpaired) electrons. The van der Waals surface area contributed by atoms with Gasteiger partial charge >= 0.3 is 0 Å². The lowest BCUT2D eigenvalue weighted by Crippen LogP contribution is -2.33. The van der Waals surface area contributed by atoms with Crippen molar-refractivity contribution < 1.29 is 8.42 Å². The maximum atomic E-state index is 11.5. The van der Waals surface area contributed by atoms with Gasteiger partial charge in [-0.05, 0) is 26.7 Å². The Morgan fingerprint density at radius 3 is 1.92 bits per heavy atom. The lowest BCUT2D eigenvalue weighted by Gasteiger charge is -2.17. The summed E-state index contributed by atoms with van der Waals surface area (Å²) in [5, 5.41) is -0.263. The largest absolute Gasteiger partial charge is 0.216 e. The van der Waals surface area contributed by atoms with Crippen LogP contribution in [0.25, 0.3) is 0 Å². The minimum absolute atomic E-state index is 0. The number of sulfonamides is 1. The fourth-order valence-corrected chi connectivity index (χ4v) is 2.60. The van der Waals surface area contributed by atoms with Crippen LogP contribution in [0, 0.1) is 0 Å². The molecule has 3 nitrogen and oxygen atoms in total. The molecule has 1 saturated heterocycles. The Labute approximate surface area is 75.8 Å². The van der Waals surface area contributed by atoms with Gasteiger partial charge in [0, 0.05) is 13.1 Å². The molecule has 4 heteroatoms. The average Bonchev–Trinajstić information content (AvgIpc) is 2.37. The molecule has 1 rings (SSSR count). The minimum atomic E-state index is -2.94. The molecular weight excluding hydrogens is 174 g/mol. The second-order valence-corrected chi connectivity index (χ2v) is 5.69. The van der Waals surface area contributed by atoms with Gasteiger partial charge in [0.2, 0.25) is 10.0 Å². The highest BCUT2D eigenvalue weighted by Gasteiger charge is 2.27. The standard InChI is InChI=1S/C7H15NO2S.CH4/c1-7(2)11(9,10)8-5-3-4-6-8;/h7H,3-6H2,1-2H3;1H4. The molecule has 1 aliphatic heterocycles. The Morgan fingerprint density at radius 2 is 1.58 bits per heavy atom. The third-order valence-corrected chi connectivity index (χ3v) is 4.30. The fourth-order valence-electron chi connectivity index (χ4n) is 1.24. The summed E-state index contributed by atoms with van der Waals surface area (Å²) >= 11 is 0. The molecule has 0 atom stereocenters. The molecule has 0 aromatic rings. The van der Waals surface area contributed by atoms with Gasteiger partial charge in [-0.25, -0.2) is 12.7 Å². The van der Waals surface area contributed by atoms with Gasteiger partial charge in [0.05, 0.1) is 5.25 Å². The highest BCUT2D eigenvalue weighted by molar-refractivity contribution is 7.89. The lowest BCUT2D eigenvalue weighted by molar-refractivity contribution is 0.470. The molecule has 0 bridgehead atoms. The molecule has 0 saturated carbocycles. The van der Waals surface area contributed by atoms with Crippen molar-refractivity contribution in [2.24, 2.45) is 0 Å². The van der Waals surface area contributed by atoms with E-state index in [9.17, 15) is 8.42 Å². The van der Waals surface area contributed by atoms with Gasteiger partial charge < -0.3 is 0 Å². The zero-order valence-electron chi connectivity index (χ0n) is 7.08. The topological polar surface area (TPSA) is 37.4 Å². The zero-order chi connectivity index (χ0) is 8.48. The highest BCUT2D eigenvalue weighted by atomic mass is 32.2. The zero-order valence-corrected chi connectivity index (χ0v) is 7.89. The monoisotopic (exact) mass is 193 g/mol. The first-order valence-electron chi connectivity index (χ1n) is 4.04.